The molecule has 1 aromatic carbocycles. The standard InChI is InChI=1S/C9H11NO3/c1-6-2-3-7(5-11)4-8(6)10-9(12)13/h2-4,10-11H,5H2,1H3,(H,12,13). The summed E-state index contributed by atoms with van der Waals surface area (Å²) >= 11 is 0. The van der Waals surface area contributed by atoms with Crippen molar-refractivity contribution in [3.63, 3.8) is 0 Å². The van der Waals surface area contributed by atoms with E-state index in [0.29, 0.717) is 11.3 Å². The van der Waals surface area contributed by atoms with Crippen LogP contribution in [0.2, 0.25) is 0 Å². The van der Waals surface area contributed by atoms with Gasteiger partial charge in [-0.1, -0.05) is 12.1 Å². The Morgan fingerprint density at radius 2 is 2.23 bits per heavy atom. The molecule has 70 valence electrons. The van der Waals surface area contributed by atoms with Gasteiger partial charge >= 0.3 is 6.09 Å². The number of hydrogen-bond acceptors (Lipinski definition) is 2. The lowest BCUT2D eigenvalue weighted by atomic mass is 10.1. The Morgan fingerprint density at radius 1 is 1.54 bits per heavy atom. The molecule has 0 atom stereocenters. The Hall–Kier alpha value is -1.55. The molecule has 0 fully saturated rings. The van der Waals surface area contributed by atoms with Crippen molar-refractivity contribution in [2.75, 3.05) is 5.32 Å². The van der Waals surface area contributed by atoms with Crippen LogP contribution in [0.1, 0.15) is 11.1 Å². The first-order valence-corrected chi connectivity index (χ1v) is 3.84. The molecule has 3 N–H and O–H groups in total. The zero-order chi connectivity index (χ0) is 9.84. The number of aliphatic hydroxyl groups excluding tert-OH is 1. The maximum absolute atomic E-state index is 10.3. The average Bonchev–Trinajstić information content (AvgIpc) is 2.08. The molecule has 1 rings (SSSR count). The number of aliphatic hydroxyl groups is 1. The van der Waals surface area contributed by atoms with Gasteiger partial charge < -0.3 is 10.2 Å². The Bertz CT molecular complexity index is 323. The van der Waals surface area contributed by atoms with E-state index in [1.165, 1.54) is 0 Å². The molecular weight excluding hydrogens is 170 g/mol. The van der Waals surface area contributed by atoms with E-state index >= 15 is 0 Å². The summed E-state index contributed by atoms with van der Waals surface area (Å²) < 4.78 is 0. The first kappa shape index (κ1) is 9.54. The number of amides is 1. The number of nitrogens with one attached hydrogen (secondary N) is 1. The predicted molar refractivity (Wildman–Crippen MR) is 48.7 cm³/mol. The zero-order valence-corrected chi connectivity index (χ0v) is 7.24. The lowest BCUT2D eigenvalue weighted by molar-refractivity contribution is 0.209. The summed E-state index contributed by atoms with van der Waals surface area (Å²) in [5, 5.41) is 19.5. The number of anilines is 1. The lowest BCUT2D eigenvalue weighted by Gasteiger charge is -2.06. The van der Waals surface area contributed by atoms with Crippen LogP contribution in [0.25, 0.3) is 0 Å². The van der Waals surface area contributed by atoms with E-state index in [1.54, 1.807) is 25.1 Å². The van der Waals surface area contributed by atoms with Crippen LogP contribution in [0, 0.1) is 6.92 Å². The molecule has 0 aromatic heterocycles. The quantitative estimate of drug-likeness (QED) is 0.648. The van der Waals surface area contributed by atoms with Gasteiger partial charge in [0.25, 0.3) is 0 Å². The van der Waals surface area contributed by atoms with Gasteiger partial charge in [-0.3, -0.25) is 5.32 Å². The molecule has 0 bridgehead atoms. The van der Waals surface area contributed by atoms with E-state index < -0.39 is 6.09 Å². The van der Waals surface area contributed by atoms with Crippen LogP contribution in [0.15, 0.2) is 18.2 Å². The van der Waals surface area contributed by atoms with E-state index in [9.17, 15) is 4.79 Å². The van der Waals surface area contributed by atoms with Crippen LogP contribution in [-0.2, 0) is 6.61 Å². The van der Waals surface area contributed by atoms with Crippen molar-refractivity contribution >= 4 is 11.8 Å². The maximum atomic E-state index is 10.3. The largest absolute Gasteiger partial charge is 0.465 e. The van der Waals surface area contributed by atoms with Crippen LogP contribution in [0.5, 0.6) is 0 Å². The summed E-state index contributed by atoms with van der Waals surface area (Å²) in [5.41, 5.74) is 2.04. The minimum absolute atomic E-state index is 0.0887. The van der Waals surface area contributed by atoms with E-state index in [4.69, 9.17) is 10.2 Å². The molecule has 0 spiro atoms. The summed E-state index contributed by atoms with van der Waals surface area (Å²) in [5.74, 6) is 0. The number of benzene rings is 1. The zero-order valence-electron chi connectivity index (χ0n) is 7.24. The van der Waals surface area contributed by atoms with Crippen LogP contribution in [0.4, 0.5) is 10.5 Å². The topological polar surface area (TPSA) is 69.6 Å². The molecule has 0 aliphatic heterocycles. The van der Waals surface area contributed by atoms with Gasteiger partial charge in [0.05, 0.1) is 6.61 Å². The third kappa shape index (κ3) is 2.45. The maximum Gasteiger partial charge on any atom is 0.409 e. The monoisotopic (exact) mass is 181 g/mol. The van der Waals surface area contributed by atoms with Crippen LogP contribution < -0.4 is 5.32 Å². The highest BCUT2D eigenvalue weighted by Gasteiger charge is 2.02. The Balaban J connectivity index is 2.96. The molecule has 1 amide bonds. The summed E-state index contributed by atoms with van der Waals surface area (Å²) in [4.78, 5) is 10.3. The molecule has 0 unspecified atom stereocenters. The van der Waals surface area contributed by atoms with Gasteiger partial charge in [0, 0.05) is 5.69 Å². The molecule has 0 radical (unpaired) electrons. The van der Waals surface area contributed by atoms with E-state index in [0.717, 1.165) is 5.56 Å². The van der Waals surface area contributed by atoms with Crippen LogP contribution >= 0.6 is 0 Å². The summed E-state index contributed by atoms with van der Waals surface area (Å²) in [7, 11) is 0. The highest BCUT2D eigenvalue weighted by atomic mass is 16.4. The minimum atomic E-state index is -1.10. The van der Waals surface area contributed by atoms with Crippen molar-refractivity contribution in [2.24, 2.45) is 0 Å². The van der Waals surface area contributed by atoms with Gasteiger partial charge in [-0.25, -0.2) is 4.79 Å². The van der Waals surface area contributed by atoms with Gasteiger partial charge in [0.1, 0.15) is 0 Å². The lowest BCUT2D eigenvalue weighted by Crippen LogP contribution is -2.08. The van der Waals surface area contributed by atoms with Gasteiger partial charge in [0.2, 0.25) is 0 Å². The first-order valence-electron chi connectivity index (χ1n) is 3.84. The number of rotatable bonds is 2. The Morgan fingerprint density at radius 3 is 2.77 bits per heavy atom. The Kier molecular flexibility index (Phi) is 2.87. The summed E-state index contributed by atoms with van der Waals surface area (Å²) in [6, 6.07) is 5.13. The van der Waals surface area contributed by atoms with E-state index in [2.05, 4.69) is 5.32 Å². The molecule has 0 aliphatic rings. The van der Waals surface area contributed by atoms with Gasteiger partial charge in [-0.2, -0.15) is 0 Å². The molecule has 13 heavy (non-hydrogen) atoms. The second kappa shape index (κ2) is 3.91. The fourth-order valence-electron chi connectivity index (χ4n) is 1.02. The highest BCUT2D eigenvalue weighted by molar-refractivity contribution is 5.84. The van der Waals surface area contributed by atoms with Crippen molar-refractivity contribution < 1.29 is 15.0 Å². The number of carboxylic acid groups (broad SMARTS) is 1. The molecule has 0 saturated carbocycles. The molecular formula is C9H11NO3. The molecule has 0 heterocycles. The minimum Gasteiger partial charge on any atom is -0.465 e. The van der Waals surface area contributed by atoms with Gasteiger partial charge in [0.15, 0.2) is 0 Å². The Labute approximate surface area is 75.8 Å². The van der Waals surface area contributed by atoms with Crippen molar-refractivity contribution in [1.29, 1.82) is 0 Å². The van der Waals surface area contributed by atoms with Crippen LogP contribution in [0.3, 0.4) is 0 Å². The molecule has 4 heteroatoms. The highest BCUT2D eigenvalue weighted by Crippen LogP contribution is 2.16. The van der Waals surface area contributed by atoms with E-state index in [-0.39, 0.29) is 6.61 Å². The smallest absolute Gasteiger partial charge is 0.409 e. The van der Waals surface area contributed by atoms with E-state index in [1.807, 2.05) is 0 Å². The average molecular weight is 181 g/mol. The van der Waals surface area contributed by atoms with Crippen molar-refractivity contribution in [3.05, 3.63) is 29.3 Å². The summed E-state index contributed by atoms with van der Waals surface area (Å²) in [6.45, 7) is 1.71. The van der Waals surface area contributed by atoms with Crippen molar-refractivity contribution in [3.8, 4) is 0 Å². The third-order valence-electron chi connectivity index (χ3n) is 1.73. The van der Waals surface area contributed by atoms with Gasteiger partial charge in [-0.15, -0.1) is 0 Å². The first-order chi connectivity index (χ1) is 6.13. The van der Waals surface area contributed by atoms with Crippen molar-refractivity contribution in [1.82, 2.24) is 0 Å². The number of hydrogen-bond donors (Lipinski definition) is 3. The predicted octanol–water partition coefficient (Wildman–Crippen LogP) is 1.58. The number of aryl methyl sites for hydroxylation is 1. The van der Waals surface area contributed by atoms with Crippen molar-refractivity contribution in [2.45, 2.75) is 13.5 Å². The number of carbonyl (C=O) groups is 1. The SMILES string of the molecule is Cc1ccc(CO)cc1NC(=O)O. The summed E-state index contributed by atoms with van der Waals surface area (Å²) in [6.07, 6.45) is -1.10. The molecule has 1 aromatic rings. The second-order valence-corrected chi connectivity index (χ2v) is 2.74. The molecule has 0 aliphatic carbocycles. The molecule has 4 nitrogen and oxygen atoms in total. The van der Waals surface area contributed by atoms with Crippen LogP contribution in [-0.4, -0.2) is 16.3 Å². The third-order valence-corrected chi connectivity index (χ3v) is 1.73. The normalized spacial score (nSPS) is 9.69. The molecule has 0 saturated heterocycles. The fourth-order valence-corrected chi connectivity index (χ4v) is 1.02. The fraction of sp³-hybridized carbons (Fsp3) is 0.222. The second-order valence-electron chi connectivity index (χ2n) is 2.74. The van der Waals surface area contributed by atoms with Gasteiger partial charge in [-0.05, 0) is 24.1 Å².